The Bertz CT molecular complexity index is 1090. The van der Waals surface area contributed by atoms with Gasteiger partial charge in [0.05, 0.1) is 5.69 Å². The molecule has 1 aromatic heterocycles. The van der Waals surface area contributed by atoms with Crippen molar-refractivity contribution in [1.82, 2.24) is 10.2 Å². The van der Waals surface area contributed by atoms with E-state index >= 15 is 0 Å². The van der Waals surface area contributed by atoms with E-state index in [0.717, 1.165) is 22.9 Å². The van der Waals surface area contributed by atoms with E-state index in [1.807, 2.05) is 26.0 Å². The summed E-state index contributed by atoms with van der Waals surface area (Å²) in [6.45, 7) is 3.97. The van der Waals surface area contributed by atoms with E-state index in [9.17, 15) is 13.2 Å². The molecule has 0 aliphatic rings. The van der Waals surface area contributed by atoms with E-state index in [2.05, 4.69) is 15.5 Å². The summed E-state index contributed by atoms with van der Waals surface area (Å²) >= 11 is 0. The second-order valence-electron chi connectivity index (χ2n) is 6.36. The maximum atomic E-state index is 12.4. The lowest BCUT2D eigenvalue weighted by Crippen LogP contribution is -2.12. The van der Waals surface area contributed by atoms with Gasteiger partial charge >= 0.3 is 0 Å². The van der Waals surface area contributed by atoms with Crippen molar-refractivity contribution >= 4 is 21.4 Å². The van der Waals surface area contributed by atoms with Crippen LogP contribution in [-0.4, -0.2) is 30.8 Å². The van der Waals surface area contributed by atoms with E-state index in [-0.39, 0.29) is 10.9 Å². The van der Waals surface area contributed by atoms with Crippen LogP contribution in [0.15, 0.2) is 59.6 Å². The molecule has 0 bridgehead atoms. The zero-order chi connectivity index (χ0) is 19.6. The quantitative estimate of drug-likeness (QED) is 0.748. The Morgan fingerprint density at radius 3 is 2.15 bits per heavy atom. The average Bonchev–Trinajstić information content (AvgIpc) is 2.64. The molecule has 0 saturated carbocycles. The number of rotatable bonds is 4. The van der Waals surface area contributed by atoms with Crippen LogP contribution < -0.4 is 5.32 Å². The fourth-order valence-electron chi connectivity index (χ4n) is 2.48. The van der Waals surface area contributed by atoms with Gasteiger partial charge in [0.1, 0.15) is 0 Å². The lowest BCUT2D eigenvalue weighted by molar-refractivity contribution is 0.102. The maximum absolute atomic E-state index is 12.4. The van der Waals surface area contributed by atoms with Gasteiger partial charge in [0.15, 0.2) is 14.9 Å². The van der Waals surface area contributed by atoms with Crippen LogP contribution in [0, 0.1) is 13.8 Å². The molecule has 3 aromatic rings. The molecule has 0 fully saturated rings. The van der Waals surface area contributed by atoms with E-state index in [1.54, 1.807) is 36.4 Å². The Morgan fingerprint density at radius 2 is 1.59 bits per heavy atom. The van der Waals surface area contributed by atoms with Crippen molar-refractivity contribution in [3.8, 4) is 11.3 Å². The standard InChI is InChI=1S/C20H19N3O3S/c1-13-4-5-16(12-14(13)2)20(24)21-17-8-6-15(7-9-17)18-10-11-19(23-22-18)27(3,25)26/h4-12H,1-3H3,(H,21,24). The van der Waals surface area contributed by atoms with Crippen LogP contribution in [0.1, 0.15) is 21.5 Å². The van der Waals surface area contributed by atoms with Crippen molar-refractivity contribution in [1.29, 1.82) is 0 Å². The smallest absolute Gasteiger partial charge is 0.255 e. The van der Waals surface area contributed by atoms with E-state index in [4.69, 9.17) is 0 Å². The van der Waals surface area contributed by atoms with E-state index in [0.29, 0.717) is 16.9 Å². The predicted molar refractivity (Wildman–Crippen MR) is 104 cm³/mol. The van der Waals surface area contributed by atoms with Gasteiger partial charge in [-0.05, 0) is 61.4 Å². The van der Waals surface area contributed by atoms with Crippen LogP contribution in [0.3, 0.4) is 0 Å². The van der Waals surface area contributed by atoms with Gasteiger partial charge < -0.3 is 5.32 Å². The van der Waals surface area contributed by atoms with Crippen molar-refractivity contribution < 1.29 is 13.2 Å². The number of aryl methyl sites for hydroxylation is 2. The van der Waals surface area contributed by atoms with Crippen molar-refractivity contribution in [3.05, 3.63) is 71.3 Å². The highest BCUT2D eigenvalue weighted by Crippen LogP contribution is 2.20. The van der Waals surface area contributed by atoms with Gasteiger partial charge in [0.25, 0.3) is 5.91 Å². The summed E-state index contributed by atoms with van der Waals surface area (Å²) < 4.78 is 22.9. The number of hydrogen-bond donors (Lipinski definition) is 1. The summed E-state index contributed by atoms with van der Waals surface area (Å²) in [4.78, 5) is 12.4. The number of aromatic nitrogens is 2. The summed E-state index contributed by atoms with van der Waals surface area (Å²) in [7, 11) is -3.38. The van der Waals surface area contributed by atoms with Gasteiger partial charge in [-0.15, -0.1) is 10.2 Å². The molecular weight excluding hydrogens is 362 g/mol. The monoisotopic (exact) mass is 381 g/mol. The molecule has 0 aliphatic carbocycles. The molecule has 0 atom stereocenters. The number of hydrogen-bond acceptors (Lipinski definition) is 5. The zero-order valence-corrected chi connectivity index (χ0v) is 16.0. The van der Waals surface area contributed by atoms with Crippen LogP contribution in [0.2, 0.25) is 0 Å². The third kappa shape index (κ3) is 4.38. The number of nitrogens with zero attached hydrogens (tertiary/aromatic N) is 2. The van der Waals surface area contributed by atoms with Gasteiger partial charge in [-0.1, -0.05) is 18.2 Å². The van der Waals surface area contributed by atoms with E-state index in [1.165, 1.54) is 6.07 Å². The van der Waals surface area contributed by atoms with Crippen molar-refractivity contribution in [2.45, 2.75) is 18.9 Å². The molecule has 1 amide bonds. The topological polar surface area (TPSA) is 89.0 Å². The number of carbonyl (C=O) groups is 1. The van der Waals surface area contributed by atoms with Gasteiger partial charge in [-0.2, -0.15) is 0 Å². The fourth-order valence-corrected chi connectivity index (χ4v) is 2.99. The largest absolute Gasteiger partial charge is 0.322 e. The highest BCUT2D eigenvalue weighted by molar-refractivity contribution is 7.90. The summed E-state index contributed by atoms with van der Waals surface area (Å²) in [6, 6.07) is 15.7. The van der Waals surface area contributed by atoms with Crippen LogP contribution in [0.5, 0.6) is 0 Å². The first-order chi connectivity index (χ1) is 12.7. The van der Waals surface area contributed by atoms with Crippen molar-refractivity contribution in [2.75, 3.05) is 11.6 Å². The first-order valence-corrected chi connectivity index (χ1v) is 10.2. The molecule has 6 nitrogen and oxygen atoms in total. The van der Waals surface area contributed by atoms with Crippen molar-refractivity contribution in [3.63, 3.8) is 0 Å². The molecule has 0 radical (unpaired) electrons. The third-order valence-corrected chi connectivity index (χ3v) is 5.21. The molecule has 27 heavy (non-hydrogen) atoms. The lowest BCUT2D eigenvalue weighted by atomic mass is 10.1. The highest BCUT2D eigenvalue weighted by atomic mass is 32.2. The average molecular weight is 381 g/mol. The van der Waals surface area contributed by atoms with Gasteiger partial charge in [-0.25, -0.2) is 8.42 Å². The number of anilines is 1. The van der Waals surface area contributed by atoms with Gasteiger partial charge in [0, 0.05) is 23.1 Å². The minimum Gasteiger partial charge on any atom is -0.322 e. The number of sulfone groups is 1. The fraction of sp³-hybridized carbons (Fsp3) is 0.150. The summed E-state index contributed by atoms with van der Waals surface area (Å²) in [5, 5.41) is 10.5. The Kier molecular flexibility index (Phi) is 5.05. The van der Waals surface area contributed by atoms with Crippen molar-refractivity contribution in [2.24, 2.45) is 0 Å². The maximum Gasteiger partial charge on any atom is 0.255 e. The zero-order valence-electron chi connectivity index (χ0n) is 15.2. The molecule has 7 heteroatoms. The molecule has 0 saturated heterocycles. The second-order valence-corrected chi connectivity index (χ2v) is 8.32. The summed E-state index contributed by atoms with van der Waals surface area (Å²) in [5.74, 6) is -0.178. The second kappa shape index (κ2) is 7.28. The Labute approximate surface area is 158 Å². The Morgan fingerprint density at radius 1 is 0.889 bits per heavy atom. The molecule has 1 heterocycles. The lowest BCUT2D eigenvalue weighted by Gasteiger charge is -2.08. The molecule has 0 unspecified atom stereocenters. The number of benzene rings is 2. The number of amides is 1. The minimum absolute atomic E-state index is 0.0662. The molecule has 0 spiro atoms. The van der Waals surface area contributed by atoms with Crippen LogP contribution >= 0.6 is 0 Å². The summed E-state index contributed by atoms with van der Waals surface area (Å²) in [6.07, 6.45) is 1.09. The molecule has 3 rings (SSSR count). The molecule has 138 valence electrons. The number of nitrogens with one attached hydrogen (secondary N) is 1. The Balaban J connectivity index is 1.75. The van der Waals surface area contributed by atoms with Crippen LogP contribution in [0.25, 0.3) is 11.3 Å². The predicted octanol–water partition coefficient (Wildman–Crippen LogP) is 3.42. The third-order valence-electron chi connectivity index (χ3n) is 4.23. The van der Waals surface area contributed by atoms with Crippen LogP contribution in [-0.2, 0) is 9.84 Å². The summed E-state index contributed by atoms with van der Waals surface area (Å²) in [5.41, 5.74) is 4.78. The normalized spacial score (nSPS) is 11.2. The molecule has 0 aliphatic heterocycles. The minimum atomic E-state index is -3.38. The SMILES string of the molecule is Cc1ccc(C(=O)Nc2ccc(-c3ccc(S(C)(=O)=O)nn3)cc2)cc1C. The van der Waals surface area contributed by atoms with Gasteiger partial charge in [0.2, 0.25) is 0 Å². The first-order valence-electron chi connectivity index (χ1n) is 8.27. The van der Waals surface area contributed by atoms with Crippen LogP contribution in [0.4, 0.5) is 5.69 Å². The molecule has 2 aromatic carbocycles. The molecular formula is C20H19N3O3S. The van der Waals surface area contributed by atoms with Gasteiger partial charge in [-0.3, -0.25) is 4.79 Å². The first kappa shape index (κ1) is 18.7. The highest BCUT2D eigenvalue weighted by Gasteiger charge is 2.11. The van der Waals surface area contributed by atoms with E-state index < -0.39 is 9.84 Å². The number of carbonyl (C=O) groups excluding carboxylic acids is 1. The Hall–Kier alpha value is -3.06. The molecule has 1 N–H and O–H groups in total.